The summed E-state index contributed by atoms with van der Waals surface area (Å²) in [7, 11) is 2.11. The number of amides is 1. The highest BCUT2D eigenvalue weighted by Gasteiger charge is 2.49. The SMILES string of the molecule is CN1CCN(Cc2ccncc2)C(=O)C12CCN(Cc1nccs1)CC2. The van der Waals surface area contributed by atoms with E-state index in [0.29, 0.717) is 6.54 Å². The van der Waals surface area contributed by atoms with Crippen LogP contribution in [0, 0.1) is 0 Å². The van der Waals surface area contributed by atoms with Crippen LogP contribution in [0.2, 0.25) is 0 Å². The van der Waals surface area contributed by atoms with Gasteiger partial charge in [-0.15, -0.1) is 11.3 Å². The summed E-state index contributed by atoms with van der Waals surface area (Å²) in [6.45, 7) is 5.19. The molecule has 0 aromatic carbocycles. The maximum Gasteiger partial charge on any atom is 0.243 e. The number of carbonyl (C=O) groups is 1. The van der Waals surface area contributed by atoms with Gasteiger partial charge in [-0.2, -0.15) is 0 Å². The Hall–Kier alpha value is -1.83. The molecule has 2 aromatic rings. The number of thiazole rings is 1. The van der Waals surface area contributed by atoms with Crippen LogP contribution in [0.1, 0.15) is 23.4 Å². The van der Waals surface area contributed by atoms with Crippen LogP contribution in [0.25, 0.3) is 0 Å². The third-order valence-electron chi connectivity index (χ3n) is 5.77. The summed E-state index contributed by atoms with van der Waals surface area (Å²) in [6.07, 6.45) is 7.23. The largest absolute Gasteiger partial charge is 0.335 e. The fourth-order valence-corrected chi connectivity index (χ4v) is 4.76. The van der Waals surface area contributed by atoms with E-state index in [4.69, 9.17) is 0 Å². The first-order chi connectivity index (χ1) is 12.7. The quantitative estimate of drug-likeness (QED) is 0.821. The van der Waals surface area contributed by atoms with Gasteiger partial charge in [-0.3, -0.25) is 19.6 Å². The number of hydrogen-bond acceptors (Lipinski definition) is 6. The minimum absolute atomic E-state index is 0.289. The standard InChI is InChI=1S/C19H25N5OS/c1-22-11-12-24(14-16-2-6-20-7-3-16)18(25)19(22)4-9-23(10-5-19)15-17-21-8-13-26-17/h2-3,6-8,13H,4-5,9-12,14-15H2,1H3. The minimum Gasteiger partial charge on any atom is -0.335 e. The fraction of sp³-hybridized carbons (Fsp3) is 0.526. The summed E-state index contributed by atoms with van der Waals surface area (Å²) in [6, 6.07) is 3.99. The van der Waals surface area contributed by atoms with E-state index in [1.54, 1.807) is 23.7 Å². The lowest BCUT2D eigenvalue weighted by Gasteiger charge is -2.51. The van der Waals surface area contributed by atoms with Crippen molar-refractivity contribution in [3.63, 3.8) is 0 Å². The molecule has 0 aliphatic carbocycles. The third-order valence-corrected chi connectivity index (χ3v) is 6.53. The molecule has 2 fully saturated rings. The average Bonchev–Trinajstić information content (AvgIpc) is 3.18. The summed E-state index contributed by atoms with van der Waals surface area (Å²) < 4.78 is 0. The lowest BCUT2D eigenvalue weighted by atomic mass is 9.82. The minimum atomic E-state index is -0.343. The van der Waals surface area contributed by atoms with E-state index in [1.165, 1.54) is 0 Å². The molecule has 138 valence electrons. The van der Waals surface area contributed by atoms with Crippen LogP contribution >= 0.6 is 11.3 Å². The van der Waals surface area contributed by atoms with Gasteiger partial charge in [0, 0.05) is 56.7 Å². The number of likely N-dealkylation sites (tertiary alicyclic amines) is 1. The predicted molar refractivity (Wildman–Crippen MR) is 102 cm³/mol. The second kappa shape index (κ2) is 7.42. The molecule has 4 heterocycles. The molecule has 2 saturated heterocycles. The molecule has 7 heteroatoms. The number of pyridine rings is 1. The zero-order valence-electron chi connectivity index (χ0n) is 15.2. The third kappa shape index (κ3) is 3.39. The lowest BCUT2D eigenvalue weighted by molar-refractivity contribution is -0.155. The number of rotatable bonds is 4. The predicted octanol–water partition coefficient (Wildman–Crippen LogP) is 1.85. The van der Waals surface area contributed by atoms with Gasteiger partial charge in [0.1, 0.15) is 10.5 Å². The Kier molecular flexibility index (Phi) is 5.02. The normalized spacial score (nSPS) is 21.4. The molecule has 0 unspecified atom stereocenters. The van der Waals surface area contributed by atoms with Gasteiger partial charge in [-0.1, -0.05) is 0 Å². The topological polar surface area (TPSA) is 52.6 Å². The van der Waals surface area contributed by atoms with E-state index in [9.17, 15) is 4.79 Å². The highest BCUT2D eigenvalue weighted by molar-refractivity contribution is 7.09. The van der Waals surface area contributed by atoms with E-state index in [-0.39, 0.29) is 11.4 Å². The highest BCUT2D eigenvalue weighted by atomic mass is 32.1. The molecule has 26 heavy (non-hydrogen) atoms. The van der Waals surface area contributed by atoms with Crippen molar-refractivity contribution in [2.45, 2.75) is 31.5 Å². The van der Waals surface area contributed by atoms with Gasteiger partial charge >= 0.3 is 0 Å². The zero-order chi connectivity index (χ0) is 18.0. The summed E-state index contributed by atoms with van der Waals surface area (Å²) >= 11 is 1.70. The van der Waals surface area contributed by atoms with E-state index < -0.39 is 0 Å². The van der Waals surface area contributed by atoms with Gasteiger partial charge in [0.25, 0.3) is 0 Å². The Labute approximate surface area is 158 Å². The second-order valence-corrected chi connectivity index (χ2v) is 8.22. The molecule has 0 N–H and O–H groups in total. The first-order valence-corrected chi connectivity index (χ1v) is 10.1. The van der Waals surface area contributed by atoms with E-state index in [1.807, 2.05) is 28.6 Å². The number of aromatic nitrogens is 2. The maximum atomic E-state index is 13.4. The molecule has 0 saturated carbocycles. The Morgan fingerprint density at radius 3 is 2.54 bits per heavy atom. The van der Waals surface area contributed by atoms with Gasteiger partial charge in [0.05, 0.1) is 6.54 Å². The summed E-state index contributed by atoms with van der Waals surface area (Å²) in [5.74, 6) is 0.289. The molecule has 1 spiro atoms. The number of piperidine rings is 1. The molecule has 1 amide bonds. The van der Waals surface area contributed by atoms with Crippen molar-refractivity contribution in [1.82, 2.24) is 24.7 Å². The summed E-state index contributed by atoms with van der Waals surface area (Å²) in [5, 5.41) is 3.18. The lowest BCUT2D eigenvalue weighted by Crippen LogP contribution is -2.67. The van der Waals surface area contributed by atoms with Crippen molar-refractivity contribution in [3.05, 3.63) is 46.7 Å². The van der Waals surface area contributed by atoms with Crippen LogP contribution in [0.3, 0.4) is 0 Å². The Morgan fingerprint density at radius 1 is 1.08 bits per heavy atom. The van der Waals surface area contributed by atoms with Crippen LogP contribution in [0.4, 0.5) is 0 Å². The van der Waals surface area contributed by atoms with Crippen LogP contribution in [0.5, 0.6) is 0 Å². The smallest absolute Gasteiger partial charge is 0.243 e. The average molecular weight is 372 g/mol. The highest BCUT2D eigenvalue weighted by Crippen LogP contribution is 2.34. The van der Waals surface area contributed by atoms with E-state index >= 15 is 0 Å². The Bertz CT molecular complexity index is 728. The molecule has 0 bridgehead atoms. The monoisotopic (exact) mass is 371 g/mol. The summed E-state index contributed by atoms with van der Waals surface area (Å²) in [5.41, 5.74) is 0.805. The van der Waals surface area contributed by atoms with Crippen LogP contribution in [0.15, 0.2) is 36.1 Å². The van der Waals surface area contributed by atoms with Crippen molar-refractivity contribution in [1.29, 1.82) is 0 Å². The van der Waals surface area contributed by atoms with E-state index in [2.05, 4.69) is 26.8 Å². The van der Waals surface area contributed by atoms with Crippen LogP contribution in [-0.2, 0) is 17.9 Å². The van der Waals surface area contributed by atoms with Gasteiger partial charge in [-0.05, 0) is 37.6 Å². The molecule has 6 nitrogen and oxygen atoms in total. The van der Waals surface area contributed by atoms with Crippen molar-refractivity contribution < 1.29 is 4.79 Å². The molecule has 4 rings (SSSR count). The maximum absolute atomic E-state index is 13.4. The second-order valence-electron chi connectivity index (χ2n) is 7.24. The number of hydrogen-bond donors (Lipinski definition) is 0. The fourth-order valence-electron chi connectivity index (χ4n) is 4.10. The van der Waals surface area contributed by atoms with Gasteiger partial charge in [-0.25, -0.2) is 4.98 Å². The van der Waals surface area contributed by atoms with Crippen LogP contribution in [-0.4, -0.2) is 69.3 Å². The first kappa shape index (κ1) is 17.6. The molecule has 2 aliphatic rings. The first-order valence-electron chi connectivity index (χ1n) is 9.18. The van der Waals surface area contributed by atoms with E-state index in [0.717, 1.165) is 56.1 Å². The van der Waals surface area contributed by atoms with Gasteiger partial charge in [0.15, 0.2) is 0 Å². The molecule has 0 atom stereocenters. The molecule has 2 aromatic heterocycles. The van der Waals surface area contributed by atoms with Crippen molar-refractivity contribution >= 4 is 17.2 Å². The molecular weight excluding hydrogens is 346 g/mol. The molecule has 2 aliphatic heterocycles. The zero-order valence-corrected chi connectivity index (χ0v) is 16.0. The number of likely N-dealkylation sites (N-methyl/N-ethyl adjacent to an activating group) is 1. The van der Waals surface area contributed by atoms with Gasteiger partial charge in [0.2, 0.25) is 5.91 Å². The number of piperazine rings is 1. The Balaban J connectivity index is 1.43. The van der Waals surface area contributed by atoms with Crippen molar-refractivity contribution in [2.24, 2.45) is 0 Å². The molecule has 0 radical (unpaired) electrons. The number of carbonyl (C=O) groups excluding carboxylic acids is 1. The van der Waals surface area contributed by atoms with Gasteiger partial charge < -0.3 is 4.90 Å². The van der Waals surface area contributed by atoms with Crippen molar-refractivity contribution in [2.75, 3.05) is 33.2 Å². The Morgan fingerprint density at radius 2 is 1.85 bits per heavy atom. The molecular formula is C19H25N5OS. The summed E-state index contributed by atoms with van der Waals surface area (Å²) in [4.78, 5) is 28.6. The number of nitrogens with zero attached hydrogens (tertiary/aromatic N) is 5. The van der Waals surface area contributed by atoms with Crippen molar-refractivity contribution in [3.8, 4) is 0 Å². The van der Waals surface area contributed by atoms with Crippen LogP contribution < -0.4 is 0 Å².